The van der Waals surface area contributed by atoms with Crippen LogP contribution in [-0.4, -0.2) is 42.0 Å². The minimum absolute atomic E-state index is 0.169. The summed E-state index contributed by atoms with van der Waals surface area (Å²) in [6, 6.07) is 9.40. The van der Waals surface area contributed by atoms with Crippen LogP contribution in [0.1, 0.15) is 29.6 Å². The van der Waals surface area contributed by atoms with Gasteiger partial charge >= 0.3 is 0 Å². The van der Waals surface area contributed by atoms with Gasteiger partial charge in [-0.3, -0.25) is 4.79 Å². The van der Waals surface area contributed by atoms with E-state index < -0.39 is 32.3 Å². The predicted octanol–water partition coefficient (Wildman–Crippen LogP) is 3.86. The van der Waals surface area contributed by atoms with Gasteiger partial charge < -0.3 is 10.1 Å². The Morgan fingerprint density at radius 2 is 1.86 bits per heavy atom. The quantitative estimate of drug-likeness (QED) is 0.402. The molecule has 36 heavy (non-hydrogen) atoms. The molecule has 1 fully saturated rings. The van der Waals surface area contributed by atoms with Crippen molar-refractivity contribution >= 4 is 32.5 Å². The third-order valence-electron chi connectivity index (χ3n) is 5.73. The Morgan fingerprint density at radius 3 is 2.61 bits per heavy atom. The number of nitrogens with zero attached hydrogens (tertiary/aromatic N) is 3. The first-order valence-electron chi connectivity index (χ1n) is 11.1. The Morgan fingerprint density at radius 1 is 1.06 bits per heavy atom. The minimum Gasteiger partial charge on any atom is -0.359 e. The van der Waals surface area contributed by atoms with Crippen LogP contribution in [0, 0.1) is 11.6 Å². The Kier molecular flexibility index (Phi) is 6.37. The van der Waals surface area contributed by atoms with Gasteiger partial charge in [-0.05, 0) is 61.7 Å². The van der Waals surface area contributed by atoms with Crippen molar-refractivity contribution in [1.82, 2.24) is 14.9 Å². The van der Waals surface area contributed by atoms with Crippen LogP contribution < -0.4 is 10.7 Å². The number of nitrogens with one attached hydrogen (secondary N) is 2. The van der Waals surface area contributed by atoms with Gasteiger partial charge in [0, 0.05) is 24.3 Å². The van der Waals surface area contributed by atoms with E-state index in [0.717, 1.165) is 31.4 Å². The van der Waals surface area contributed by atoms with E-state index in [0.29, 0.717) is 29.4 Å². The van der Waals surface area contributed by atoms with Crippen molar-refractivity contribution in [3.63, 3.8) is 0 Å². The van der Waals surface area contributed by atoms with Gasteiger partial charge in [-0.15, -0.1) is 0 Å². The normalized spacial score (nSPS) is 16.1. The number of rotatable bonds is 6. The lowest BCUT2D eigenvalue weighted by Crippen LogP contribution is -2.30. The number of sulfone groups is 1. The lowest BCUT2D eigenvalue weighted by atomic mass is 10.2. The zero-order chi connectivity index (χ0) is 25.3. The Hall–Kier alpha value is -3.90. The molecule has 12 heteroatoms. The maximum Gasteiger partial charge on any atom is 0.275 e. The van der Waals surface area contributed by atoms with Crippen LogP contribution >= 0.6 is 0 Å². The summed E-state index contributed by atoms with van der Waals surface area (Å²) in [4.78, 5) is 17.8. The average Bonchev–Trinajstić information content (AvgIpc) is 3.26. The van der Waals surface area contributed by atoms with Gasteiger partial charge in [0.05, 0.1) is 27.1 Å². The molecule has 1 amide bonds. The molecule has 3 heterocycles. The number of ether oxygens (including phenoxy) is 1. The number of fused-ring (bicyclic) bond motifs is 1. The fraction of sp³-hybridized carbons (Fsp3) is 0.208. The largest absolute Gasteiger partial charge is 0.359 e. The van der Waals surface area contributed by atoms with E-state index >= 15 is 0 Å². The molecule has 5 rings (SSSR count). The van der Waals surface area contributed by atoms with Gasteiger partial charge in [-0.25, -0.2) is 27.6 Å². The lowest BCUT2D eigenvalue weighted by molar-refractivity contribution is 0.0340. The second kappa shape index (κ2) is 9.63. The molecule has 1 saturated heterocycles. The molecule has 2 N–H and O–H groups in total. The number of aromatic nitrogens is 3. The van der Waals surface area contributed by atoms with Crippen molar-refractivity contribution in [2.45, 2.75) is 35.3 Å². The Bertz CT molecular complexity index is 1530. The van der Waals surface area contributed by atoms with Crippen LogP contribution in [0.25, 0.3) is 10.9 Å². The summed E-state index contributed by atoms with van der Waals surface area (Å²) in [5.74, 6) is -2.11. The van der Waals surface area contributed by atoms with Crippen molar-refractivity contribution in [2.24, 2.45) is 0 Å². The lowest BCUT2D eigenvalue weighted by Gasteiger charge is -2.24. The third kappa shape index (κ3) is 4.77. The van der Waals surface area contributed by atoms with Crippen LogP contribution in [0.15, 0.2) is 70.7 Å². The van der Waals surface area contributed by atoms with E-state index in [1.54, 1.807) is 18.3 Å². The van der Waals surface area contributed by atoms with E-state index in [9.17, 15) is 22.0 Å². The summed E-state index contributed by atoms with van der Waals surface area (Å²) in [5.41, 5.74) is 3.36. The first-order valence-corrected chi connectivity index (χ1v) is 12.6. The summed E-state index contributed by atoms with van der Waals surface area (Å²) in [6.07, 6.45) is 5.50. The van der Waals surface area contributed by atoms with Crippen LogP contribution in [-0.2, 0) is 14.6 Å². The first-order chi connectivity index (χ1) is 17.3. The highest BCUT2D eigenvalue weighted by Gasteiger charge is 2.22. The number of benzene rings is 2. The molecule has 0 aliphatic carbocycles. The monoisotopic (exact) mass is 513 g/mol. The summed E-state index contributed by atoms with van der Waals surface area (Å²) in [5, 5.41) is 7.68. The van der Waals surface area contributed by atoms with Crippen molar-refractivity contribution in [2.75, 3.05) is 17.3 Å². The number of hydrogen-bond acceptors (Lipinski definition) is 7. The fourth-order valence-electron chi connectivity index (χ4n) is 3.95. The molecule has 1 aliphatic heterocycles. The smallest absolute Gasteiger partial charge is 0.275 e. The summed E-state index contributed by atoms with van der Waals surface area (Å²) < 4.78 is 58.6. The maximum atomic E-state index is 13.6. The SMILES string of the molecule is O=C(Nn1ncc2cc(S(=O)(=O)c3cc(F)cc(F)c3)ccc21)c1cccnc1NC1CCCCO1. The number of amides is 1. The zero-order valence-corrected chi connectivity index (χ0v) is 19.6. The van der Waals surface area contributed by atoms with Crippen LogP contribution in [0.4, 0.5) is 14.6 Å². The number of anilines is 1. The molecule has 1 unspecified atom stereocenters. The van der Waals surface area contributed by atoms with Gasteiger partial charge in [-0.1, -0.05) is 0 Å². The average molecular weight is 514 g/mol. The molecule has 9 nitrogen and oxygen atoms in total. The molecular formula is C24H21F2N5O4S. The third-order valence-corrected chi connectivity index (χ3v) is 7.46. The number of carbonyl (C=O) groups is 1. The molecule has 0 spiro atoms. The van der Waals surface area contributed by atoms with Gasteiger partial charge in [0.2, 0.25) is 9.84 Å². The second-order valence-electron chi connectivity index (χ2n) is 8.23. The summed E-state index contributed by atoms with van der Waals surface area (Å²) >= 11 is 0. The van der Waals surface area contributed by atoms with Gasteiger partial charge in [0.15, 0.2) is 0 Å². The van der Waals surface area contributed by atoms with E-state index in [4.69, 9.17) is 4.74 Å². The summed E-state index contributed by atoms with van der Waals surface area (Å²) in [6.45, 7) is 0.636. The van der Waals surface area contributed by atoms with Crippen LogP contribution in [0.5, 0.6) is 0 Å². The highest BCUT2D eigenvalue weighted by atomic mass is 32.2. The zero-order valence-electron chi connectivity index (χ0n) is 18.8. The molecule has 1 atom stereocenters. The predicted molar refractivity (Wildman–Crippen MR) is 127 cm³/mol. The topological polar surface area (TPSA) is 115 Å². The van der Waals surface area contributed by atoms with Gasteiger partial charge in [-0.2, -0.15) is 9.89 Å². The van der Waals surface area contributed by atoms with E-state index in [1.165, 1.54) is 29.2 Å². The van der Waals surface area contributed by atoms with Gasteiger partial charge in [0.1, 0.15) is 23.7 Å². The Balaban J connectivity index is 1.39. The number of carbonyl (C=O) groups excluding carboxylic acids is 1. The van der Waals surface area contributed by atoms with E-state index in [-0.39, 0.29) is 16.7 Å². The number of pyridine rings is 1. The number of halogens is 2. The van der Waals surface area contributed by atoms with E-state index in [1.807, 2.05) is 0 Å². The highest BCUT2D eigenvalue weighted by Crippen LogP contribution is 2.26. The van der Waals surface area contributed by atoms with Gasteiger partial charge in [0.25, 0.3) is 5.91 Å². The molecule has 0 radical (unpaired) electrons. The standard InChI is InChI=1S/C24H21F2N5O4S/c25-16-11-17(26)13-19(12-16)36(33,34)18-6-7-21-15(10-18)14-28-31(21)30-24(32)20-4-3-8-27-23(20)29-22-5-1-2-9-35-22/h3-4,6-8,10-14,22H,1-2,5,9H2,(H,27,29)(H,30,32). The minimum atomic E-state index is -4.18. The van der Waals surface area contributed by atoms with Crippen molar-refractivity contribution in [3.05, 3.63) is 78.1 Å². The van der Waals surface area contributed by atoms with Crippen LogP contribution in [0.2, 0.25) is 0 Å². The maximum absolute atomic E-state index is 13.6. The molecule has 186 valence electrons. The molecule has 4 aromatic rings. The van der Waals surface area contributed by atoms with Crippen LogP contribution in [0.3, 0.4) is 0 Å². The molecule has 0 bridgehead atoms. The fourth-order valence-corrected chi connectivity index (χ4v) is 5.29. The molecular weight excluding hydrogens is 492 g/mol. The van der Waals surface area contributed by atoms with Crippen molar-refractivity contribution in [1.29, 1.82) is 0 Å². The second-order valence-corrected chi connectivity index (χ2v) is 10.2. The molecule has 2 aromatic carbocycles. The molecule has 0 saturated carbocycles. The summed E-state index contributed by atoms with van der Waals surface area (Å²) in [7, 11) is -4.18. The molecule has 1 aliphatic rings. The Labute approximate surface area is 205 Å². The van der Waals surface area contributed by atoms with Crippen molar-refractivity contribution < 1.29 is 26.7 Å². The number of hydrogen-bond donors (Lipinski definition) is 2. The van der Waals surface area contributed by atoms with E-state index in [2.05, 4.69) is 20.8 Å². The highest BCUT2D eigenvalue weighted by molar-refractivity contribution is 7.91. The molecule has 2 aromatic heterocycles. The first kappa shape index (κ1) is 23.8. The van der Waals surface area contributed by atoms with Crippen molar-refractivity contribution in [3.8, 4) is 0 Å².